The van der Waals surface area contributed by atoms with Crippen LogP contribution in [0.2, 0.25) is 15.1 Å². The summed E-state index contributed by atoms with van der Waals surface area (Å²) in [6.07, 6.45) is 0.753. The number of carboxylic acid groups (broad SMARTS) is 1. The molecule has 1 aromatic carbocycles. The zero-order valence-electron chi connectivity index (χ0n) is 14.7. The fourth-order valence-electron chi connectivity index (χ4n) is 1.98. The van der Waals surface area contributed by atoms with Crippen molar-refractivity contribution in [3.05, 3.63) is 26.7 Å². The third kappa shape index (κ3) is 5.02. The first-order chi connectivity index (χ1) is 11.9. The lowest BCUT2D eigenvalue weighted by Gasteiger charge is -2.32. The Kier molecular flexibility index (Phi) is 7.74. The molecule has 0 bridgehead atoms. The van der Waals surface area contributed by atoms with Gasteiger partial charge in [0.05, 0.1) is 21.7 Å². The lowest BCUT2D eigenvalue weighted by atomic mass is 9.78. The molecular weight excluding hydrogens is 407 g/mol. The fourth-order valence-corrected chi connectivity index (χ4v) is 2.70. The molecular formula is C17H19Cl3O6. The summed E-state index contributed by atoms with van der Waals surface area (Å²) in [5, 5.41) is 8.13. The Balaban J connectivity index is 3.26. The zero-order chi connectivity index (χ0) is 20.2. The van der Waals surface area contributed by atoms with Crippen LogP contribution >= 0.6 is 34.8 Å². The standard InChI is InChI=1S/C17H19Cl3O6/c1-5-17(4,8(2)3)7-25-15(23)11-12(20)9(18)6-10(19)13(11)26-16(24)14(21)22/h6,8H,5,7H2,1-4H3,(H,21,22). The van der Waals surface area contributed by atoms with E-state index in [0.29, 0.717) is 0 Å². The van der Waals surface area contributed by atoms with Crippen LogP contribution in [-0.4, -0.2) is 29.6 Å². The van der Waals surface area contributed by atoms with Gasteiger partial charge in [0, 0.05) is 5.41 Å². The average Bonchev–Trinajstić information content (AvgIpc) is 2.56. The molecule has 0 saturated carbocycles. The molecule has 0 spiro atoms. The molecule has 9 heteroatoms. The predicted octanol–water partition coefficient (Wildman–Crippen LogP) is 4.87. The number of ether oxygens (including phenoxy) is 2. The number of carbonyl (C=O) groups is 3. The van der Waals surface area contributed by atoms with Gasteiger partial charge in [-0.25, -0.2) is 14.4 Å². The molecule has 1 aromatic rings. The van der Waals surface area contributed by atoms with E-state index in [0.717, 1.165) is 12.5 Å². The van der Waals surface area contributed by atoms with Gasteiger partial charge in [-0.15, -0.1) is 0 Å². The molecule has 1 N–H and O–H groups in total. The number of aliphatic carboxylic acids is 1. The van der Waals surface area contributed by atoms with Gasteiger partial charge in [0.2, 0.25) is 0 Å². The van der Waals surface area contributed by atoms with Crippen molar-refractivity contribution in [1.29, 1.82) is 0 Å². The number of hydrogen-bond acceptors (Lipinski definition) is 5. The maximum absolute atomic E-state index is 12.6. The third-order valence-electron chi connectivity index (χ3n) is 4.43. The monoisotopic (exact) mass is 424 g/mol. The quantitative estimate of drug-likeness (QED) is 0.303. The molecule has 0 saturated heterocycles. The van der Waals surface area contributed by atoms with Crippen molar-refractivity contribution in [3.8, 4) is 5.75 Å². The van der Waals surface area contributed by atoms with E-state index in [1.165, 1.54) is 0 Å². The number of halogens is 3. The molecule has 26 heavy (non-hydrogen) atoms. The van der Waals surface area contributed by atoms with Gasteiger partial charge in [0.1, 0.15) is 5.56 Å². The van der Waals surface area contributed by atoms with Crippen LogP contribution in [0.15, 0.2) is 6.07 Å². The molecule has 1 atom stereocenters. The van der Waals surface area contributed by atoms with Crippen molar-refractivity contribution in [3.63, 3.8) is 0 Å². The largest absolute Gasteiger partial charge is 0.473 e. The van der Waals surface area contributed by atoms with Crippen molar-refractivity contribution in [2.75, 3.05) is 6.61 Å². The zero-order valence-corrected chi connectivity index (χ0v) is 17.0. The van der Waals surface area contributed by atoms with Gasteiger partial charge in [-0.3, -0.25) is 0 Å². The third-order valence-corrected chi connectivity index (χ3v) is 5.50. The summed E-state index contributed by atoms with van der Waals surface area (Å²) >= 11 is 17.9. The Bertz CT molecular complexity index is 732. The van der Waals surface area contributed by atoms with E-state index in [1.807, 2.05) is 27.7 Å². The first-order valence-electron chi connectivity index (χ1n) is 7.74. The second kappa shape index (κ2) is 8.93. The maximum Gasteiger partial charge on any atom is 0.422 e. The van der Waals surface area contributed by atoms with Crippen molar-refractivity contribution < 1.29 is 29.0 Å². The van der Waals surface area contributed by atoms with Gasteiger partial charge < -0.3 is 14.6 Å². The van der Waals surface area contributed by atoms with Crippen molar-refractivity contribution >= 4 is 52.7 Å². The van der Waals surface area contributed by atoms with E-state index in [2.05, 4.69) is 4.74 Å². The molecule has 1 unspecified atom stereocenters. The van der Waals surface area contributed by atoms with Crippen molar-refractivity contribution in [2.24, 2.45) is 11.3 Å². The van der Waals surface area contributed by atoms with Crippen LogP contribution < -0.4 is 4.74 Å². The molecule has 0 aliphatic rings. The van der Waals surface area contributed by atoms with Crippen LogP contribution in [0, 0.1) is 11.3 Å². The first kappa shape index (κ1) is 22.5. The Morgan fingerprint density at radius 3 is 2.23 bits per heavy atom. The van der Waals surface area contributed by atoms with Gasteiger partial charge in [-0.1, -0.05) is 62.5 Å². The number of rotatable bonds is 6. The Morgan fingerprint density at radius 1 is 1.19 bits per heavy atom. The molecule has 6 nitrogen and oxygen atoms in total. The lowest BCUT2D eigenvalue weighted by molar-refractivity contribution is -0.158. The van der Waals surface area contributed by atoms with Gasteiger partial charge in [-0.05, 0) is 18.4 Å². The Labute approximate surface area is 166 Å². The molecule has 0 radical (unpaired) electrons. The lowest BCUT2D eigenvalue weighted by Crippen LogP contribution is -2.30. The van der Waals surface area contributed by atoms with Crippen LogP contribution in [0.5, 0.6) is 5.75 Å². The van der Waals surface area contributed by atoms with Gasteiger partial charge in [0.15, 0.2) is 5.75 Å². The van der Waals surface area contributed by atoms with Gasteiger partial charge >= 0.3 is 17.9 Å². The number of esters is 2. The summed E-state index contributed by atoms with van der Waals surface area (Å²) < 4.78 is 10.0. The van der Waals surface area contributed by atoms with E-state index < -0.39 is 29.2 Å². The second-order valence-corrected chi connectivity index (χ2v) is 7.48. The van der Waals surface area contributed by atoms with E-state index >= 15 is 0 Å². The van der Waals surface area contributed by atoms with Crippen LogP contribution in [-0.2, 0) is 14.3 Å². The number of carboxylic acids is 1. The fraction of sp³-hybridized carbons (Fsp3) is 0.471. The molecule has 0 fully saturated rings. The van der Waals surface area contributed by atoms with Crippen molar-refractivity contribution in [2.45, 2.75) is 34.1 Å². The number of benzene rings is 1. The highest BCUT2D eigenvalue weighted by Crippen LogP contribution is 2.40. The molecule has 0 aliphatic carbocycles. The van der Waals surface area contributed by atoms with E-state index in [4.69, 9.17) is 44.6 Å². The molecule has 0 amide bonds. The van der Waals surface area contributed by atoms with Gasteiger partial charge in [0.25, 0.3) is 0 Å². The Hall–Kier alpha value is -1.50. The summed E-state index contributed by atoms with van der Waals surface area (Å²) in [4.78, 5) is 34.7. The summed E-state index contributed by atoms with van der Waals surface area (Å²) in [6.45, 7) is 8.01. The summed E-state index contributed by atoms with van der Waals surface area (Å²) in [6, 6.07) is 1.14. The van der Waals surface area contributed by atoms with Crippen LogP contribution in [0.4, 0.5) is 0 Å². The Morgan fingerprint density at radius 2 is 1.77 bits per heavy atom. The van der Waals surface area contributed by atoms with Crippen LogP contribution in [0.25, 0.3) is 0 Å². The second-order valence-electron chi connectivity index (χ2n) is 6.29. The summed E-state index contributed by atoms with van der Waals surface area (Å²) in [5.74, 6) is -4.69. The smallest absolute Gasteiger partial charge is 0.422 e. The summed E-state index contributed by atoms with van der Waals surface area (Å²) in [7, 11) is 0. The topological polar surface area (TPSA) is 89.9 Å². The highest BCUT2D eigenvalue weighted by molar-refractivity contribution is 6.46. The van der Waals surface area contributed by atoms with Crippen molar-refractivity contribution in [1.82, 2.24) is 0 Å². The minimum atomic E-state index is -1.86. The highest BCUT2D eigenvalue weighted by Gasteiger charge is 2.31. The predicted molar refractivity (Wildman–Crippen MR) is 98.3 cm³/mol. The molecule has 0 heterocycles. The minimum Gasteiger partial charge on any atom is -0.473 e. The van der Waals surface area contributed by atoms with E-state index in [1.54, 1.807) is 0 Å². The summed E-state index contributed by atoms with van der Waals surface area (Å²) in [5.41, 5.74) is -0.691. The molecule has 0 aromatic heterocycles. The van der Waals surface area contributed by atoms with E-state index in [9.17, 15) is 14.4 Å². The molecule has 144 valence electrons. The van der Waals surface area contributed by atoms with Crippen LogP contribution in [0.1, 0.15) is 44.5 Å². The SMILES string of the molecule is CCC(C)(COC(=O)c1c(Cl)c(Cl)cc(Cl)c1OC(=O)C(=O)O)C(C)C. The normalized spacial score (nSPS) is 13.2. The highest BCUT2D eigenvalue weighted by atomic mass is 35.5. The first-order valence-corrected chi connectivity index (χ1v) is 8.87. The molecule has 1 rings (SSSR count). The van der Waals surface area contributed by atoms with Crippen LogP contribution in [0.3, 0.4) is 0 Å². The minimum absolute atomic E-state index is 0.0687. The number of carbonyl (C=O) groups excluding carboxylic acids is 2. The van der Waals surface area contributed by atoms with Gasteiger partial charge in [-0.2, -0.15) is 0 Å². The van der Waals surface area contributed by atoms with E-state index in [-0.39, 0.29) is 33.0 Å². The number of hydrogen-bond donors (Lipinski definition) is 1. The molecule has 0 aliphatic heterocycles. The average molecular weight is 426 g/mol. The maximum atomic E-state index is 12.6.